The lowest BCUT2D eigenvalue weighted by atomic mass is 10.1. The van der Waals surface area contributed by atoms with Crippen molar-refractivity contribution in [1.29, 1.82) is 0 Å². The van der Waals surface area contributed by atoms with Crippen molar-refractivity contribution in [3.05, 3.63) is 51.5 Å². The van der Waals surface area contributed by atoms with Crippen LogP contribution in [-0.4, -0.2) is 10.8 Å². The molecule has 0 spiro atoms. The van der Waals surface area contributed by atoms with E-state index < -0.39 is 11.6 Å². The highest BCUT2D eigenvalue weighted by Crippen LogP contribution is 2.14. The molecule has 1 aromatic heterocycles. The van der Waals surface area contributed by atoms with E-state index in [1.165, 1.54) is 17.4 Å². The molecule has 2 rings (SSSR count). The molecular weight excluding hydrogens is 256 g/mol. The van der Waals surface area contributed by atoms with E-state index in [1.807, 2.05) is 12.3 Å². The molecule has 0 bridgehead atoms. The summed E-state index contributed by atoms with van der Waals surface area (Å²) in [7, 11) is 0. The monoisotopic (exact) mass is 267 g/mol. The predicted octanol–water partition coefficient (Wildman–Crippen LogP) is 3.08. The molecule has 0 aliphatic rings. The second-order valence-electron chi connectivity index (χ2n) is 4.01. The minimum atomic E-state index is -0.682. The summed E-state index contributed by atoms with van der Waals surface area (Å²) in [6, 6.07) is 3.24. The van der Waals surface area contributed by atoms with Gasteiger partial charge in [0.05, 0.1) is 6.42 Å². The zero-order valence-electron chi connectivity index (χ0n) is 9.74. The summed E-state index contributed by atoms with van der Waals surface area (Å²) >= 11 is 1.41. The van der Waals surface area contributed by atoms with Crippen molar-refractivity contribution in [2.45, 2.75) is 19.8 Å². The van der Waals surface area contributed by atoms with Gasteiger partial charge in [0.25, 0.3) is 0 Å². The van der Waals surface area contributed by atoms with Gasteiger partial charge >= 0.3 is 0 Å². The third-order valence-electron chi connectivity index (χ3n) is 2.42. The Hall–Kier alpha value is -1.62. The Morgan fingerprint density at radius 3 is 2.72 bits per heavy atom. The number of rotatable bonds is 4. The summed E-state index contributed by atoms with van der Waals surface area (Å²) in [6.45, 7) is 1.85. The number of thiazole rings is 1. The van der Waals surface area contributed by atoms with Crippen molar-refractivity contribution in [3.8, 4) is 0 Å². The number of aromatic nitrogens is 1. The lowest BCUT2D eigenvalue weighted by Gasteiger charge is -2.01. The van der Waals surface area contributed by atoms with Crippen LogP contribution in [0.15, 0.2) is 23.6 Å². The van der Waals surface area contributed by atoms with Crippen molar-refractivity contribution in [2.24, 2.45) is 0 Å². The van der Waals surface area contributed by atoms with Crippen LogP contribution < -0.4 is 0 Å². The van der Waals surface area contributed by atoms with Gasteiger partial charge in [-0.05, 0) is 18.6 Å². The molecule has 94 valence electrons. The van der Waals surface area contributed by atoms with Gasteiger partial charge in [-0.3, -0.25) is 4.79 Å². The van der Waals surface area contributed by atoms with E-state index in [9.17, 15) is 13.6 Å². The van der Waals surface area contributed by atoms with Crippen LogP contribution in [-0.2, 0) is 17.6 Å². The van der Waals surface area contributed by atoms with Crippen molar-refractivity contribution in [2.75, 3.05) is 0 Å². The fourth-order valence-electron chi connectivity index (χ4n) is 1.59. The summed E-state index contributed by atoms with van der Waals surface area (Å²) in [4.78, 5) is 15.9. The standard InChI is InChI=1S/C13H11F2NOS/c1-8-7-18-13(16-8)6-11(17)4-9-2-3-10(14)5-12(9)15/h2-3,5,7H,4,6H2,1H3. The van der Waals surface area contributed by atoms with Crippen molar-refractivity contribution >= 4 is 17.1 Å². The number of hydrogen-bond donors (Lipinski definition) is 0. The lowest BCUT2D eigenvalue weighted by Crippen LogP contribution is -2.08. The van der Waals surface area contributed by atoms with E-state index in [2.05, 4.69) is 4.98 Å². The Kier molecular flexibility index (Phi) is 3.81. The van der Waals surface area contributed by atoms with Crippen LogP contribution in [0.25, 0.3) is 0 Å². The molecule has 18 heavy (non-hydrogen) atoms. The Morgan fingerprint density at radius 2 is 2.11 bits per heavy atom. The maximum atomic E-state index is 13.3. The third kappa shape index (κ3) is 3.20. The summed E-state index contributed by atoms with van der Waals surface area (Å²) in [5, 5.41) is 2.58. The number of halogens is 2. The van der Waals surface area contributed by atoms with E-state index in [4.69, 9.17) is 0 Å². The van der Waals surface area contributed by atoms with Crippen LogP contribution in [0.5, 0.6) is 0 Å². The largest absolute Gasteiger partial charge is 0.299 e. The predicted molar refractivity (Wildman–Crippen MR) is 65.6 cm³/mol. The van der Waals surface area contributed by atoms with Gasteiger partial charge in [0, 0.05) is 23.6 Å². The van der Waals surface area contributed by atoms with Crippen LogP contribution in [0.3, 0.4) is 0 Å². The third-order valence-corrected chi connectivity index (χ3v) is 3.38. The van der Waals surface area contributed by atoms with Gasteiger partial charge in [0.15, 0.2) is 0 Å². The molecule has 0 radical (unpaired) electrons. The number of nitrogens with zero attached hydrogens (tertiary/aromatic N) is 1. The van der Waals surface area contributed by atoms with E-state index in [0.29, 0.717) is 0 Å². The molecular formula is C13H11F2NOS. The highest BCUT2D eigenvalue weighted by atomic mass is 32.1. The Balaban J connectivity index is 2.03. The van der Waals surface area contributed by atoms with Gasteiger partial charge in [-0.25, -0.2) is 13.8 Å². The van der Waals surface area contributed by atoms with E-state index in [-0.39, 0.29) is 24.2 Å². The van der Waals surface area contributed by atoms with Gasteiger partial charge in [-0.2, -0.15) is 0 Å². The summed E-state index contributed by atoms with van der Waals surface area (Å²) in [5.74, 6) is -1.45. The molecule has 1 heterocycles. The maximum Gasteiger partial charge on any atom is 0.144 e. The summed E-state index contributed by atoms with van der Waals surface area (Å²) < 4.78 is 26.0. The number of ketones is 1. The Bertz CT molecular complexity index is 580. The molecule has 0 saturated heterocycles. The van der Waals surface area contributed by atoms with Gasteiger partial charge in [0.1, 0.15) is 22.4 Å². The van der Waals surface area contributed by atoms with Crippen LogP contribution in [0, 0.1) is 18.6 Å². The second-order valence-corrected chi connectivity index (χ2v) is 4.95. The average molecular weight is 267 g/mol. The van der Waals surface area contributed by atoms with Crippen LogP contribution >= 0.6 is 11.3 Å². The lowest BCUT2D eigenvalue weighted by molar-refractivity contribution is -0.117. The van der Waals surface area contributed by atoms with Crippen molar-refractivity contribution in [1.82, 2.24) is 4.98 Å². The first kappa shape index (κ1) is 12.8. The van der Waals surface area contributed by atoms with E-state index in [1.54, 1.807) is 0 Å². The average Bonchev–Trinajstić information content (AvgIpc) is 2.68. The summed E-state index contributed by atoms with van der Waals surface area (Å²) in [5.41, 5.74) is 1.09. The number of hydrogen-bond acceptors (Lipinski definition) is 3. The van der Waals surface area contributed by atoms with E-state index in [0.717, 1.165) is 22.8 Å². The first-order chi connectivity index (χ1) is 8.54. The molecule has 0 aliphatic carbocycles. The van der Waals surface area contributed by atoms with Gasteiger partial charge in [-0.15, -0.1) is 11.3 Å². The Labute approximate surface area is 107 Å². The number of carbonyl (C=O) groups excluding carboxylic acids is 1. The van der Waals surface area contributed by atoms with Crippen molar-refractivity contribution in [3.63, 3.8) is 0 Å². The minimum Gasteiger partial charge on any atom is -0.299 e. The first-order valence-corrected chi connectivity index (χ1v) is 6.29. The fraction of sp³-hybridized carbons (Fsp3) is 0.231. The van der Waals surface area contributed by atoms with Crippen LogP contribution in [0.1, 0.15) is 16.3 Å². The number of Topliss-reactive ketones (excluding diaryl/α,β-unsaturated/α-hetero) is 1. The fourth-order valence-corrected chi connectivity index (χ4v) is 2.39. The minimum absolute atomic E-state index is 0.0370. The molecule has 2 nitrogen and oxygen atoms in total. The van der Waals surface area contributed by atoms with Crippen LogP contribution in [0.2, 0.25) is 0 Å². The number of carbonyl (C=O) groups is 1. The number of benzene rings is 1. The normalized spacial score (nSPS) is 10.6. The molecule has 2 aromatic rings. The molecule has 0 fully saturated rings. The van der Waals surface area contributed by atoms with Gasteiger partial charge in [-0.1, -0.05) is 6.07 Å². The topological polar surface area (TPSA) is 30.0 Å². The highest BCUT2D eigenvalue weighted by Gasteiger charge is 2.11. The SMILES string of the molecule is Cc1csc(CC(=O)Cc2ccc(F)cc2F)n1. The second kappa shape index (κ2) is 5.35. The molecule has 0 saturated carbocycles. The molecule has 0 unspecified atom stereocenters. The molecule has 0 atom stereocenters. The first-order valence-electron chi connectivity index (χ1n) is 5.41. The van der Waals surface area contributed by atoms with Crippen molar-refractivity contribution < 1.29 is 13.6 Å². The highest BCUT2D eigenvalue weighted by molar-refractivity contribution is 7.09. The molecule has 0 N–H and O–H groups in total. The van der Waals surface area contributed by atoms with Gasteiger partial charge in [0.2, 0.25) is 0 Å². The quantitative estimate of drug-likeness (QED) is 0.852. The van der Waals surface area contributed by atoms with Gasteiger partial charge < -0.3 is 0 Å². The molecule has 1 aromatic carbocycles. The molecule has 5 heteroatoms. The zero-order chi connectivity index (χ0) is 13.1. The number of aryl methyl sites for hydroxylation is 1. The zero-order valence-corrected chi connectivity index (χ0v) is 10.6. The smallest absolute Gasteiger partial charge is 0.144 e. The maximum absolute atomic E-state index is 13.3. The molecule has 0 aliphatic heterocycles. The summed E-state index contributed by atoms with van der Waals surface area (Å²) in [6.07, 6.45) is 0.153. The molecule has 0 amide bonds. The Morgan fingerprint density at radius 1 is 1.33 bits per heavy atom. The van der Waals surface area contributed by atoms with E-state index >= 15 is 0 Å². The van der Waals surface area contributed by atoms with Crippen LogP contribution in [0.4, 0.5) is 8.78 Å².